The van der Waals surface area contributed by atoms with Gasteiger partial charge in [-0.15, -0.1) is 0 Å². The molecule has 8 heteroatoms. The Kier molecular flexibility index (Phi) is 4.10. The smallest absolute Gasteiger partial charge is 0.266 e. The topological polar surface area (TPSA) is 84.0 Å². The number of hydrogen-bond acceptors (Lipinski definition) is 5. The second-order valence-corrected chi connectivity index (χ2v) is 7.94. The molecule has 2 aromatic carbocycles. The number of hydrogen-bond donors (Lipinski definition) is 0. The number of rotatable bonds is 3. The van der Waals surface area contributed by atoms with Crippen LogP contribution in [0.15, 0.2) is 53.4 Å². The Balaban J connectivity index is 1.71. The number of anilines is 1. The fraction of sp³-hybridized carbons (Fsp3) is 0.222. The van der Waals surface area contributed by atoms with Crippen LogP contribution in [-0.4, -0.2) is 50.8 Å². The molecule has 2 aromatic rings. The lowest BCUT2D eigenvalue weighted by molar-refractivity contribution is 0.0730. The first-order chi connectivity index (χ1) is 12.5. The number of amides is 2. The van der Waals surface area contributed by atoms with Gasteiger partial charge in [0.2, 0.25) is 10.0 Å². The number of sulfonamides is 1. The third-order valence-corrected chi connectivity index (χ3v) is 6.37. The molecule has 0 atom stereocenters. The van der Waals surface area contributed by atoms with E-state index in [-0.39, 0.29) is 23.7 Å². The van der Waals surface area contributed by atoms with Crippen LogP contribution < -0.4 is 4.90 Å². The van der Waals surface area contributed by atoms with E-state index in [2.05, 4.69) is 0 Å². The number of carbonyl (C=O) groups excluding carboxylic acids is 2. The van der Waals surface area contributed by atoms with Gasteiger partial charge in [-0.3, -0.25) is 9.59 Å². The van der Waals surface area contributed by atoms with E-state index in [1.807, 2.05) is 0 Å². The van der Waals surface area contributed by atoms with E-state index < -0.39 is 21.8 Å². The van der Waals surface area contributed by atoms with E-state index in [0.29, 0.717) is 24.3 Å². The molecule has 2 aliphatic heterocycles. The van der Waals surface area contributed by atoms with Gasteiger partial charge in [-0.2, -0.15) is 4.31 Å². The summed E-state index contributed by atoms with van der Waals surface area (Å²) in [5.41, 5.74) is 0.878. The average Bonchev–Trinajstić information content (AvgIpc) is 2.93. The molecule has 4 rings (SSSR count). The molecule has 2 aliphatic rings. The summed E-state index contributed by atoms with van der Waals surface area (Å²) >= 11 is 0. The summed E-state index contributed by atoms with van der Waals surface area (Å²) < 4.78 is 32.2. The van der Waals surface area contributed by atoms with Crippen molar-refractivity contribution >= 4 is 27.5 Å². The molecule has 0 unspecified atom stereocenters. The lowest BCUT2D eigenvalue weighted by atomic mass is 10.1. The van der Waals surface area contributed by atoms with E-state index in [1.165, 1.54) is 22.5 Å². The van der Waals surface area contributed by atoms with Crippen LogP contribution in [0.25, 0.3) is 0 Å². The van der Waals surface area contributed by atoms with Gasteiger partial charge in [0.05, 0.1) is 34.9 Å². The minimum atomic E-state index is -3.71. The van der Waals surface area contributed by atoms with Crippen LogP contribution in [0.5, 0.6) is 0 Å². The molecule has 0 radical (unpaired) electrons. The van der Waals surface area contributed by atoms with Gasteiger partial charge in [0.15, 0.2) is 0 Å². The Morgan fingerprint density at radius 3 is 2.08 bits per heavy atom. The van der Waals surface area contributed by atoms with Crippen LogP contribution in [0.4, 0.5) is 5.69 Å². The van der Waals surface area contributed by atoms with Crippen LogP contribution in [0.2, 0.25) is 0 Å². The Labute approximate surface area is 150 Å². The Morgan fingerprint density at radius 1 is 0.846 bits per heavy atom. The summed E-state index contributed by atoms with van der Waals surface area (Å²) in [6.45, 7) is 1.24. The van der Waals surface area contributed by atoms with Crippen molar-refractivity contribution in [1.29, 1.82) is 0 Å². The van der Waals surface area contributed by atoms with Gasteiger partial charge >= 0.3 is 0 Å². The molecule has 134 valence electrons. The van der Waals surface area contributed by atoms with E-state index >= 15 is 0 Å². The van der Waals surface area contributed by atoms with Crippen molar-refractivity contribution < 1.29 is 22.7 Å². The maximum absolute atomic E-state index is 12.8. The number of carbonyl (C=O) groups is 2. The largest absolute Gasteiger partial charge is 0.379 e. The number of fused-ring (bicyclic) bond motifs is 1. The van der Waals surface area contributed by atoms with Crippen molar-refractivity contribution in [3.63, 3.8) is 0 Å². The zero-order valence-corrected chi connectivity index (χ0v) is 14.6. The highest BCUT2D eigenvalue weighted by molar-refractivity contribution is 7.89. The lowest BCUT2D eigenvalue weighted by Gasteiger charge is -2.26. The molecular formula is C18H16N2O5S. The first-order valence-corrected chi connectivity index (χ1v) is 9.60. The predicted octanol–water partition coefficient (Wildman–Crippen LogP) is 1.51. The monoisotopic (exact) mass is 372 g/mol. The molecule has 0 aromatic heterocycles. The van der Waals surface area contributed by atoms with Crippen molar-refractivity contribution in [2.45, 2.75) is 4.90 Å². The van der Waals surface area contributed by atoms with Crippen molar-refractivity contribution in [3.05, 3.63) is 59.7 Å². The molecule has 0 saturated carbocycles. The van der Waals surface area contributed by atoms with E-state index in [4.69, 9.17) is 4.74 Å². The molecule has 0 spiro atoms. The van der Waals surface area contributed by atoms with Crippen molar-refractivity contribution in [2.75, 3.05) is 31.2 Å². The minimum Gasteiger partial charge on any atom is -0.379 e. The zero-order valence-electron chi connectivity index (χ0n) is 13.8. The van der Waals surface area contributed by atoms with Gasteiger partial charge in [-0.25, -0.2) is 13.3 Å². The number of imide groups is 1. The van der Waals surface area contributed by atoms with Crippen molar-refractivity contribution in [3.8, 4) is 0 Å². The molecule has 1 saturated heterocycles. The van der Waals surface area contributed by atoms with Crippen molar-refractivity contribution in [1.82, 2.24) is 4.31 Å². The highest BCUT2D eigenvalue weighted by atomic mass is 32.2. The average molecular weight is 372 g/mol. The van der Waals surface area contributed by atoms with Crippen LogP contribution >= 0.6 is 0 Å². The second kappa shape index (κ2) is 6.31. The summed E-state index contributed by atoms with van der Waals surface area (Å²) in [6, 6.07) is 12.5. The Hall–Kier alpha value is -2.55. The van der Waals surface area contributed by atoms with Gasteiger partial charge in [0, 0.05) is 13.1 Å². The molecule has 2 amide bonds. The molecule has 7 nitrogen and oxygen atoms in total. The maximum Gasteiger partial charge on any atom is 0.266 e. The van der Waals surface area contributed by atoms with Crippen molar-refractivity contribution in [2.24, 2.45) is 0 Å². The van der Waals surface area contributed by atoms with E-state index in [0.717, 1.165) is 4.90 Å². The van der Waals surface area contributed by atoms with Gasteiger partial charge in [0.1, 0.15) is 0 Å². The molecule has 2 heterocycles. The van der Waals surface area contributed by atoms with Gasteiger partial charge in [-0.05, 0) is 30.3 Å². The third-order valence-electron chi connectivity index (χ3n) is 4.48. The van der Waals surface area contributed by atoms with Crippen LogP contribution in [0, 0.1) is 0 Å². The second-order valence-electron chi connectivity index (χ2n) is 6.01. The number of ether oxygens (including phenoxy) is 1. The standard InChI is InChI=1S/C18H16N2O5S/c21-17-15-6-1-2-7-16(15)18(22)20(17)13-4-3-5-14(12-13)26(23,24)19-8-10-25-11-9-19/h1-7,12H,8-11H2. The van der Waals surface area contributed by atoms with E-state index in [1.54, 1.807) is 30.3 Å². The van der Waals surface area contributed by atoms with Crippen LogP contribution in [-0.2, 0) is 14.8 Å². The highest BCUT2D eigenvalue weighted by Crippen LogP contribution is 2.30. The van der Waals surface area contributed by atoms with Gasteiger partial charge in [-0.1, -0.05) is 18.2 Å². The lowest BCUT2D eigenvalue weighted by Crippen LogP contribution is -2.40. The van der Waals surface area contributed by atoms with Gasteiger partial charge in [0.25, 0.3) is 11.8 Å². The predicted molar refractivity (Wildman–Crippen MR) is 93.6 cm³/mol. The molecule has 26 heavy (non-hydrogen) atoms. The minimum absolute atomic E-state index is 0.0495. The van der Waals surface area contributed by atoms with Crippen LogP contribution in [0.3, 0.4) is 0 Å². The summed E-state index contributed by atoms with van der Waals surface area (Å²) in [6.07, 6.45) is 0. The van der Waals surface area contributed by atoms with Gasteiger partial charge < -0.3 is 4.74 Å². The molecular weight excluding hydrogens is 356 g/mol. The maximum atomic E-state index is 12.8. The molecule has 0 aliphatic carbocycles. The Morgan fingerprint density at radius 2 is 1.46 bits per heavy atom. The first-order valence-electron chi connectivity index (χ1n) is 8.16. The van der Waals surface area contributed by atoms with E-state index in [9.17, 15) is 18.0 Å². The molecule has 0 N–H and O–H groups in total. The third kappa shape index (κ3) is 2.63. The zero-order chi connectivity index (χ0) is 18.3. The fourth-order valence-corrected chi connectivity index (χ4v) is 4.59. The quantitative estimate of drug-likeness (QED) is 0.763. The molecule has 0 bridgehead atoms. The summed E-state index contributed by atoms with van der Waals surface area (Å²) in [7, 11) is -3.71. The number of benzene rings is 2. The SMILES string of the molecule is O=C1c2ccccc2C(=O)N1c1cccc(S(=O)(=O)N2CCOCC2)c1. The number of nitrogens with zero attached hydrogens (tertiary/aromatic N) is 2. The summed E-state index contributed by atoms with van der Waals surface area (Å²) in [4.78, 5) is 26.3. The fourth-order valence-electron chi connectivity index (χ4n) is 3.14. The summed E-state index contributed by atoms with van der Waals surface area (Å²) in [5.74, 6) is -0.905. The highest BCUT2D eigenvalue weighted by Gasteiger charge is 2.37. The number of morpholine rings is 1. The normalized spacial score (nSPS) is 18.2. The van der Waals surface area contributed by atoms with Crippen LogP contribution in [0.1, 0.15) is 20.7 Å². The molecule has 1 fully saturated rings. The first kappa shape index (κ1) is 16.9. The summed E-state index contributed by atoms with van der Waals surface area (Å²) in [5, 5.41) is 0. The Bertz CT molecular complexity index is 961.